The van der Waals surface area contributed by atoms with Gasteiger partial charge in [-0.15, -0.1) is 0 Å². The van der Waals surface area contributed by atoms with Gasteiger partial charge in [-0.25, -0.2) is 4.98 Å². The maximum absolute atomic E-state index is 5.54. The van der Waals surface area contributed by atoms with Crippen molar-refractivity contribution in [1.82, 2.24) is 25.0 Å². The number of aromatic nitrogens is 3. The van der Waals surface area contributed by atoms with Crippen molar-refractivity contribution in [1.29, 1.82) is 0 Å². The molecule has 4 rings (SSSR count). The van der Waals surface area contributed by atoms with Gasteiger partial charge in [-0.3, -0.25) is 10.00 Å². The number of nitrogens with zero attached hydrogens (tertiary/aromatic N) is 4. The van der Waals surface area contributed by atoms with Crippen molar-refractivity contribution in [2.45, 2.75) is 31.7 Å². The van der Waals surface area contributed by atoms with Crippen LogP contribution in [-0.2, 0) is 4.74 Å². The van der Waals surface area contributed by atoms with Gasteiger partial charge in [-0.1, -0.05) is 37.3 Å². The second-order valence-electron chi connectivity index (χ2n) is 7.85. The molecule has 2 saturated heterocycles. The lowest BCUT2D eigenvalue weighted by atomic mass is 9.96. The monoisotopic (exact) mass is 369 g/mol. The number of ether oxygens (including phenoxy) is 1. The van der Waals surface area contributed by atoms with Crippen molar-refractivity contribution >= 4 is 0 Å². The van der Waals surface area contributed by atoms with Crippen molar-refractivity contribution in [3.63, 3.8) is 0 Å². The van der Waals surface area contributed by atoms with E-state index in [-0.39, 0.29) is 0 Å². The minimum absolute atomic E-state index is 0.360. The molecule has 2 fully saturated rings. The first-order valence-corrected chi connectivity index (χ1v) is 10.2. The molecule has 0 saturated carbocycles. The second-order valence-corrected chi connectivity index (χ2v) is 7.85. The average molecular weight is 370 g/mol. The Morgan fingerprint density at radius 1 is 1.15 bits per heavy atom. The van der Waals surface area contributed by atoms with Crippen molar-refractivity contribution in [3.8, 4) is 11.4 Å². The van der Waals surface area contributed by atoms with Crippen LogP contribution in [0.1, 0.15) is 31.5 Å². The maximum Gasteiger partial charge on any atom is 0.181 e. The van der Waals surface area contributed by atoms with E-state index in [9.17, 15) is 0 Å². The molecule has 146 valence electrons. The summed E-state index contributed by atoms with van der Waals surface area (Å²) in [6.07, 6.45) is 2.54. The molecular weight excluding hydrogens is 338 g/mol. The van der Waals surface area contributed by atoms with Crippen LogP contribution in [0, 0.1) is 5.92 Å². The third-order valence-electron chi connectivity index (χ3n) is 6.26. The van der Waals surface area contributed by atoms with Gasteiger partial charge in [0, 0.05) is 43.6 Å². The highest BCUT2D eigenvalue weighted by atomic mass is 16.5. The topological polar surface area (TPSA) is 57.3 Å². The summed E-state index contributed by atoms with van der Waals surface area (Å²) >= 11 is 0. The molecule has 0 aliphatic carbocycles. The fourth-order valence-corrected chi connectivity index (χ4v) is 4.65. The van der Waals surface area contributed by atoms with E-state index >= 15 is 0 Å². The maximum atomic E-state index is 5.54. The number of aromatic amines is 1. The van der Waals surface area contributed by atoms with E-state index < -0.39 is 0 Å². The largest absolute Gasteiger partial charge is 0.384 e. The fourth-order valence-electron chi connectivity index (χ4n) is 4.65. The third-order valence-corrected chi connectivity index (χ3v) is 6.26. The molecule has 6 nitrogen and oxygen atoms in total. The molecule has 2 atom stereocenters. The van der Waals surface area contributed by atoms with Gasteiger partial charge in [0.15, 0.2) is 5.82 Å². The lowest BCUT2D eigenvalue weighted by Gasteiger charge is -2.36. The number of hydrogen-bond acceptors (Lipinski definition) is 5. The average Bonchev–Trinajstić information content (AvgIpc) is 3.36. The second kappa shape index (κ2) is 8.50. The number of methoxy groups -OCH3 is 1. The van der Waals surface area contributed by atoms with Crippen LogP contribution in [0.25, 0.3) is 11.4 Å². The van der Waals surface area contributed by atoms with Gasteiger partial charge in [0.2, 0.25) is 0 Å². The first-order valence-electron chi connectivity index (χ1n) is 10.2. The zero-order chi connectivity index (χ0) is 18.6. The number of likely N-dealkylation sites (tertiary alicyclic amines) is 2. The number of rotatable bonds is 6. The van der Waals surface area contributed by atoms with Crippen LogP contribution in [-0.4, -0.2) is 77.5 Å². The van der Waals surface area contributed by atoms with Gasteiger partial charge < -0.3 is 9.64 Å². The summed E-state index contributed by atoms with van der Waals surface area (Å²) in [5.41, 5.74) is 1.06. The van der Waals surface area contributed by atoms with Gasteiger partial charge in [0.1, 0.15) is 5.82 Å². The van der Waals surface area contributed by atoms with E-state index in [0.717, 1.165) is 36.9 Å². The number of H-pyrrole nitrogens is 1. The fraction of sp³-hybridized carbons (Fsp3) is 0.619. The summed E-state index contributed by atoms with van der Waals surface area (Å²) in [5.74, 6) is 2.62. The Morgan fingerprint density at radius 2 is 1.93 bits per heavy atom. The number of piperidine rings is 1. The Balaban J connectivity index is 1.47. The van der Waals surface area contributed by atoms with Crippen LogP contribution in [0.3, 0.4) is 0 Å². The Hall–Kier alpha value is -1.76. The molecule has 1 N–H and O–H groups in total. The standard InChI is InChI=1S/C21H31N5O/c1-3-25-11-9-18(10-12-25)26-13-17(15-27-2)19(14-26)21-22-20(23-24-21)16-7-5-4-6-8-16/h4-8,17-19H,3,9-15H2,1-2H3,(H,22,23,24)/t17-,19+/m0/s1. The smallest absolute Gasteiger partial charge is 0.181 e. The highest BCUT2D eigenvalue weighted by molar-refractivity contribution is 5.53. The minimum Gasteiger partial charge on any atom is -0.384 e. The molecule has 0 radical (unpaired) electrons. The number of benzene rings is 1. The van der Waals surface area contributed by atoms with Crippen molar-refractivity contribution in [2.24, 2.45) is 5.92 Å². The third kappa shape index (κ3) is 4.08. The van der Waals surface area contributed by atoms with E-state index in [0.29, 0.717) is 17.9 Å². The van der Waals surface area contributed by atoms with E-state index in [1.807, 2.05) is 18.2 Å². The summed E-state index contributed by atoms with van der Waals surface area (Å²) in [6, 6.07) is 10.9. The van der Waals surface area contributed by atoms with E-state index in [2.05, 4.69) is 39.1 Å². The van der Waals surface area contributed by atoms with Crippen molar-refractivity contribution in [3.05, 3.63) is 36.2 Å². The van der Waals surface area contributed by atoms with Crippen molar-refractivity contribution in [2.75, 3.05) is 46.4 Å². The molecular formula is C21H31N5O. The van der Waals surface area contributed by atoms with E-state index in [4.69, 9.17) is 9.72 Å². The van der Waals surface area contributed by atoms with E-state index in [1.54, 1.807) is 7.11 Å². The molecule has 6 heteroatoms. The SMILES string of the molecule is CCN1CCC(N2C[C@@H](COC)[C@H](c3nc(-c4ccccc4)n[nH]3)C2)CC1. The van der Waals surface area contributed by atoms with Gasteiger partial charge in [0.05, 0.1) is 6.61 Å². The Labute approximate surface area is 161 Å². The summed E-state index contributed by atoms with van der Waals surface area (Å²) in [7, 11) is 1.80. The van der Waals surface area contributed by atoms with Crippen LogP contribution in [0.5, 0.6) is 0 Å². The Morgan fingerprint density at radius 3 is 2.63 bits per heavy atom. The van der Waals surface area contributed by atoms with Crippen LogP contribution in [0.4, 0.5) is 0 Å². The van der Waals surface area contributed by atoms with Gasteiger partial charge in [-0.2, -0.15) is 5.10 Å². The molecule has 0 spiro atoms. The quantitative estimate of drug-likeness (QED) is 0.848. The molecule has 0 amide bonds. The predicted octanol–water partition coefficient (Wildman–Crippen LogP) is 2.62. The Kier molecular flexibility index (Phi) is 5.86. The highest BCUT2D eigenvalue weighted by Gasteiger charge is 2.39. The molecule has 2 aliphatic rings. The summed E-state index contributed by atoms with van der Waals surface area (Å²) < 4.78 is 5.54. The summed E-state index contributed by atoms with van der Waals surface area (Å²) in [6.45, 7) is 8.79. The molecule has 3 heterocycles. The van der Waals surface area contributed by atoms with Crippen LogP contribution in [0.15, 0.2) is 30.3 Å². The minimum atomic E-state index is 0.360. The molecule has 0 unspecified atom stereocenters. The molecule has 1 aromatic heterocycles. The van der Waals surface area contributed by atoms with Crippen molar-refractivity contribution < 1.29 is 4.74 Å². The van der Waals surface area contributed by atoms with Crippen LogP contribution < -0.4 is 0 Å². The zero-order valence-electron chi connectivity index (χ0n) is 16.5. The van der Waals surface area contributed by atoms with Crippen LogP contribution in [0.2, 0.25) is 0 Å². The lowest BCUT2D eigenvalue weighted by molar-refractivity contribution is 0.114. The van der Waals surface area contributed by atoms with Gasteiger partial charge >= 0.3 is 0 Å². The number of hydrogen-bond donors (Lipinski definition) is 1. The summed E-state index contributed by atoms with van der Waals surface area (Å²) in [5, 5.41) is 7.70. The zero-order valence-corrected chi connectivity index (χ0v) is 16.5. The molecule has 2 aliphatic heterocycles. The molecule has 1 aromatic carbocycles. The van der Waals surface area contributed by atoms with Crippen LogP contribution >= 0.6 is 0 Å². The molecule has 0 bridgehead atoms. The number of nitrogens with one attached hydrogen (secondary N) is 1. The van der Waals surface area contributed by atoms with Gasteiger partial charge in [-0.05, 0) is 32.5 Å². The first-order chi connectivity index (χ1) is 13.3. The predicted molar refractivity (Wildman–Crippen MR) is 107 cm³/mol. The molecule has 2 aromatic rings. The first kappa shape index (κ1) is 18.6. The lowest BCUT2D eigenvalue weighted by Crippen LogP contribution is -2.44. The molecule has 27 heavy (non-hydrogen) atoms. The normalized spacial score (nSPS) is 25.3. The van der Waals surface area contributed by atoms with E-state index in [1.165, 1.54) is 32.5 Å². The Bertz CT molecular complexity index is 710. The summed E-state index contributed by atoms with van der Waals surface area (Å²) in [4.78, 5) is 10.1. The van der Waals surface area contributed by atoms with Gasteiger partial charge in [0.25, 0.3) is 0 Å². The highest BCUT2D eigenvalue weighted by Crippen LogP contribution is 2.34.